The van der Waals surface area contributed by atoms with Crippen LogP contribution in [-0.4, -0.2) is 50.1 Å². The van der Waals surface area contributed by atoms with Crippen LogP contribution in [0.15, 0.2) is 22.5 Å². The molecule has 2 N–H and O–H groups in total. The first-order chi connectivity index (χ1) is 10.8. The number of guanidine groups is 1. The van der Waals surface area contributed by atoms with E-state index in [4.69, 9.17) is 0 Å². The Kier molecular flexibility index (Phi) is 10.8. The lowest BCUT2D eigenvalue weighted by Crippen LogP contribution is -2.38. The van der Waals surface area contributed by atoms with Crippen LogP contribution < -0.4 is 10.6 Å². The number of nitrogens with zero attached hydrogens (tertiary/aromatic N) is 2. The average Bonchev–Trinajstić information content (AvgIpc) is 3.04. The summed E-state index contributed by atoms with van der Waals surface area (Å²) in [6, 6.07) is 4.29. The van der Waals surface area contributed by atoms with Crippen molar-refractivity contribution in [3.05, 3.63) is 22.4 Å². The normalized spacial score (nSPS) is 11.9. The van der Waals surface area contributed by atoms with E-state index in [0.29, 0.717) is 0 Å². The summed E-state index contributed by atoms with van der Waals surface area (Å²) in [6.45, 7) is 12.8. The van der Waals surface area contributed by atoms with E-state index >= 15 is 0 Å². The second-order valence-corrected chi connectivity index (χ2v) is 6.28. The van der Waals surface area contributed by atoms with Gasteiger partial charge in [0.15, 0.2) is 5.96 Å². The maximum atomic E-state index is 4.66. The van der Waals surface area contributed by atoms with Crippen LogP contribution in [0.3, 0.4) is 0 Å². The lowest BCUT2D eigenvalue weighted by atomic mass is 10.3. The molecule has 126 valence electrons. The molecule has 0 saturated heterocycles. The highest BCUT2D eigenvalue weighted by molar-refractivity contribution is 7.09. The molecule has 1 rings (SSSR count). The first-order valence-corrected chi connectivity index (χ1v) is 9.45. The molecule has 0 unspecified atom stereocenters. The molecular formula is C17H32N4S. The zero-order chi connectivity index (χ0) is 16.0. The van der Waals surface area contributed by atoms with Crippen molar-refractivity contribution in [1.29, 1.82) is 0 Å². The molecule has 0 radical (unpaired) electrons. The molecule has 0 aliphatic rings. The van der Waals surface area contributed by atoms with Crippen molar-refractivity contribution in [2.45, 2.75) is 40.0 Å². The van der Waals surface area contributed by atoms with Gasteiger partial charge in [0.2, 0.25) is 0 Å². The average molecular weight is 325 g/mol. The summed E-state index contributed by atoms with van der Waals surface area (Å²) in [5.41, 5.74) is 0. The number of rotatable bonds is 11. The smallest absolute Gasteiger partial charge is 0.191 e. The number of unbranched alkanes of at least 4 members (excludes halogenated alkanes) is 1. The van der Waals surface area contributed by atoms with Crippen molar-refractivity contribution >= 4 is 17.3 Å². The fraction of sp³-hybridized carbons (Fsp3) is 0.706. The van der Waals surface area contributed by atoms with Gasteiger partial charge >= 0.3 is 0 Å². The minimum atomic E-state index is 0.898. The van der Waals surface area contributed by atoms with Crippen LogP contribution in [0.25, 0.3) is 0 Å². The van der Waals surface area contributed by atoms with Gasteiger partial charge in [0.1, 0.15) is 0 Å². The zero-order valence-corrected chi connectivity index (χ0v) is 15.2. The quantitative estimate of drug-likeness (QED) is 0.373. The third kappa shape index (κ3) is 8.39. The van der Waals surface area contributed by atoms with Crippen molar-refractivity contribution in [2.24, 2.45) is 4.99 Å². The van der Waals surface area contributed by atoms with E-state index in [-0.39, 0.29) is 0 Å². The summed E-state index contributed by atoms with van der Waals surface area (Å²) in [6.07, 6.45) is 3.43. The Morgan fingerprint density at radius 2 is 2.00 bits per heavy atom. The molecule has 0 aromatic carbocycles. The second kappa shape index (κ2) is 12.5. The molecule has 0 saturated carbocycles. The standard InChI is InChI=1S/C17H32N4S/c1-4-18-17(20-13-11-16-10-9-15-22-16)19-12-7-8-14-21(5-2)6-3/h9-10,15H,4-8,11-14H2,1-3H3,(H2,18,19,20). The molecule has 0 aliphatic heterocycles. The molecule has 1 aromatic rings. The van der Waals surface area contributed by atoms with Gasteiger partial charge in [-0.15, -0.1) is 11.3 Å². The summed E-state index contributed by atoms with van der Waals surface area (Å²) in [7, 11) is 0. The van der Waals surface area contributed by atoms with E-state index in [9.17, 15) is 0 Å². The van der Waals surface area contributed by atoms with Gasteiger partial charge in [-0.1, -0.05) is 19.9 Å². The van der Waals surface area contributed by atoms with Gasteiger partial charge in [-0.3, -0.25) is 4.99 Å². The fourth-order valence-corrected chi connectivity index (χ4v) is 2.99. The van der Waals surface area contributed by atoms with E-state index in [2.05, 4.69) is 58.8 Å². The number of hydrogen-bond acceptors (Lipinski definition) is 3. The van der Waals surface area contributed by atoms with Crippen molar-refractivity contribution in [3.63, 3.8) is 0 Å². The van der Waals surface area contributed by atoms with Gasteiger partial charge in [0.05, 0.1) is 0 Å². The Morgan fingerprint density at radius 1 is 1.18 bits per heavy atom. The number of hydrogen-bond donors (Lipinski definition) is 2. The Hall–Kier alpha value is -1.07. The van der Waals surface area contributed by atoms with Gasteiger partial charge in [-0.05, 0) is 57.3 Å². The van der Waals surface area contributed by atoms with Gasteiger partial charge in [0.25, 0.3) is 0 Å². The van der Waals surface area contributed by atoms with Crippen molar-refractivity contribution in [2.75, 3.05) is 39.3 Å². The minimum Gasteiger partial charge on any atom is -0.357 e. The number of thiophene rings is 1. The van der Waals surface area contributed by atoms with Crippen LogP contribution in [0.2, 0.25) is 0 Å². The Bertz CT molecular complexity index is 385. The summed E-state index contributed by atoms with van der Waals surface area (Å²) in [4.78, 5) is 8.55. The van der Waals surface area contributed by atoms with Gasteiger partial charge < -0.3 is 15.5 Å². The monoisotopic (exact) mass is 324 g/mol. The topological polar surface area (TPSA) is 39.7 Å². The molecular weight excluding hydrogens is 292 g/mol. The van der Waals surface area contributed by atoms with Crippen molar-refractivity contribution in [1.82, 2.24) is 15.5 Å². The third-order valence-corrected chi connectivity index (χ3v) is 4.57. The second-order valence-electron chi connectivity index (χ2n) is 5.25. The highest BCUT2D eigenvalue weighted by Crippen LogP contribution is 2.07. The van der Waals surface area contributed by atoms with Crippen LogP contribution in [0.4, 0.5) is 0 Å². The van der Waals surface area contributed by atoms with Crippen LogP contribution in [0.5, 0.6) is 0 Å². The molecule has 0 atom stereocenters. The summed E-state index contributed by atoms with van der Waals surface area (Å²) < 4.78 is 0. The maximum Gasteiger partial charge on any atom is 0.191 e. The van der Waals surface area contributed by atoms with Gasteiger partial charge in [-0.25, -0.2) is 0 Å². The first kappa shape index (κ1) is 19.0. The van der Waals surface area contributed by atoms with E-state index in [1.165, 1.54) is 17.8 Å². The van der Waals surface area contributed by atoms with Crippen LogP contribution in [0.1, 0.15) is 38.5 Å². The summed E-state index contributed by atoms with van der Waals surface area (Å²) >= 11 is 1.81. The molecule has 0 bridgehead atoms. The van der Waals surface area contributed by atoms with E-state index in [1.54, 1.807) is 0 Å². The summed E-state index contributed by atoms with van der Waals surface area (Å²) in [5.74, 6) is 0.946. The van der Waals surface area contributed by atoms with Gasteiger partial charge in [-0.2, -0.15) is 0 Å². The predicted molar refractivity (Wildman–Crippen MR) is 99.0 cm³/mol. The first-order valence-electron chi connectivity index (χ1n) is 8.57. The molecule has 4 nitrogen and oxygen atoms in total. The fourth-order valence-electron chi connectivity index (χ4n) is 2.28. The molecule has 1 aromatic heterocycles. The molecule has 0 amide bonds. The molecule has 0 fully saturated rings. The number of aliphatic imine (C=N–C) groups is 1. The van der Waals surface area contributed by atoms with E-state index in [0.717, 1.165) is 51.5 Å². The highest BCUT2D eigenvalue weighted by atomic mass is 32.1. The maximum absolute atomic E-state index is 4.66. The molecule has 1 heterocycles. The van der Waals surface area contributed by atoms with Gasteiger partial charge in [0, 0.05) is 24.5 Å². The highest BCUT2D eigenvalue weighted by Gasteiger charge is 2.00. The van der Waals surface area contributed by atoms with E-state index in [1.807, 2.05) is 11.3 Å². The zero-order valence-electron chi connectivity index (χ0n) is 14.4. The largest absolute Gasteiger partial charge is 0.357 e. The van der Waals surface area contributed by atoms with Crippen LogP contribution in [0, 0.1) is 0 Å². The van der Waals surface area contributed by atoms with Crippen LogP contribution in [-0.2, 0) is 6.42 Å². The SMILES string of the molecule is CCNC(=NCCCCN(CC)CC)NCCc1cccs1. The van der Waals surface area contributed by atoms with E-state index < -0.39 is 0 Å². The Balaban J connectivity index is 2.20. The predicted octanol–water partition coefficient (Wildman–Crippen LogP) is 2.97. The lowest BCUT2D eigenvalue weighted by molar-refractivity contribution is 0.297. The van der Waals surface area contributed by atoms with Crippen molar-refractivity contribution < 1.29 is 0 Å². The number of nitrogens with one attached hydrogen (secondary N) is 2. The molecule has 0 aliphatic carbocycles. The lowest BCUT2D eigenvalue weighted by Gasteiger charge is -2.17. The molecule has 5 heteroatoms. The Morgan fingerprint density at radius 3 is 2.64 bits per heavy atom. The van der Waals surface area contributed by atoms with Crippen LogP contribution >= 0.6 is 11.3 Å². The van der Waals surface area contributed by atoms with Crippen molar-refractivity contribution in [3.8, 4) is 0 Å². The molecule has 22 heavy (non-hydrogen) atoms. The third-order valence-electron chi connectivity index (χ3n) is 3.63. The molecule has 0 spiro atoms. The minimum absolute atomic E-state index is 0.898. The Labute approximate surface area is 140 Å². The summed E-state index contributed by atoms with van der Waals surface area (Å²) in [5, 5.41) is 8.86.